The molecule has 3 unspecified atom stereocenters. The van der Waals surface area contributed by atoms with Gasteiger partial charge in [-0.05, 0) is 67.1 Å². The summed E-state index contributed by atoms with van der Waals surface area (Å²) in [5.74, 6) is -1.27. The van der Waals surface area contributed by atoms with Crippen LogP contribution in [0.15, 0.2) is 72.8 Å². The lowest BCUT2D eigenvalue weighted by Crippen LogP contribution is -2.24. The van der Waals surface area contributed by atoms with Crippen molar-refractivity contribution < 1.29 is 14.3 Å². The van der Waals surface area contributed by atoms with E-state index < -0.39 is 17.7 Å². The van der Waals surface area contributed by atoms with Gasteiger partial charge in [0, 0.05) is 12.1 Å². The molecule has 0 fully saturated rings. The number of aliphatic carboxylic acids is 1. The lowest BCUT2D eigenvalue weighted by Gasteiger charge is -2.26. The molecule has 0 bridgehead atoms. The van der Waals surface area contributed by atoms with Crippen LogP contribution in [0.1, 0.15) is 48.8 Å². The first-order valence-corrected chi connectivity index (χ1v) is 11.6. The van der Waals surface area contributed by atoms with Gasteiger partial charge in [-0.25, -0.2) is 4.39 Å². The lowest BCUT2D eigenvalue weighted by atomic mass is 9.83. The summed E-state index contributed by atoms with van der Waals surface area (Å²) in [6.07, 6.45) is 1.35. The monoisotopic (exact) mass is 447 g/mol. The summed E-state index contributed by atoms with van der Waals surface area (Å²) >= 11 is 0. The molecule has 0 saturated carbocycles. The first kappa shape index (κ1) is 24.7. The summed E-state index contributed by atoms with van der Waals surface area (Å²) < 4.78 is 14.9. The molecule has 0 heterocycles. The second kappa shape index (κ2) is 11.2. The van der Waals surface area contributed by atoms with E-state index in [1.807, 2.05) is 42.5 Å². The Hall–Kier alpha value is -2.98. The SMILES string of the molecule is CCC(c1cccc(CC(C(=O)O)c2ccc(-c3ccccc3)c(F)c2)c1)C(C)CN(C)C. The molecule has 3 nitrogen and oxygen atoms in total. The normalized spacial score (nSPS) is 14.1. The van der Waals surface area contributed by atoms with Gasteiger partial charge in [0.2, 0.25) is 0 Å². The van der Waals surface area contributed by atoms with Gasteiger partial charge in [-0.1, -0.05) is 80.6 Å². The number of carbonyl (C=O) groups is 1. The molecule has 3 aromatic rings. The van der Waals surface area contributed by atoms with Gasteiger partial charge in [-0.2, -0.15) is 0 Å². The third-order valence-corrected chi connectivity index (χ3v) is 6.38. The van der Waals surface area contributed by atoms with Crippen molar-refractivity contribution in [2.45, 2.75) is 38.5 Å². The number of carboxylic acid groups (broad SMARTS) is 1. The Balaban J connectivity index is 1.85. The van der Waals surface area contributed by atoms with Crippen LogP contribution in [0, 0.1) is 11.7 Å². The van der Waals surface area contributed by atoms with Gasteiger partial charge in [0.15, 0.2) is 0 Å². The fourth-order valence-electron chi connectivity index (χ4n) is 4.80. The smallest absolute Gasteiger partial charge is 0.311 e. The van der Waals surface area contributed by atoms with Gasteiger partial charge in [0.25, 0.3) is 0 Å². The summed E-state index contributed by atoms with van der Waals surface area (Å²) in [7, 11) is 4.17. The average molecular weight is 448 g/mol. The number of carboxylic acids is 1. The first-order valence-electron chi connectivity index (χ1n) is 11.6. The maximum absolute atomic E-state index is 14.9. The minimum absolute atomic E-state index is 0.325. The highest BCUT2D eigenvalue weighted by Gasteiger charge is 2.23. The van der Waals surface area contributed by atoms with Crippen LogP contribution in [0.2, 0.25) is 0 Å². The Morgan fingerprint density at radius 2 is 1.70 bits per heavy atom. The van der Waals surface area contributed by atoms with Gasteiger partial charge in [-0.15, -0.1) is 0 Å². The molecule has 0 aliphatic heterocycles. The van der Waals surface area contributed by atoms with Crippen molar-refractivity contribution in [3.05, 3.63) is 95.3 Å². The number of halogens is 1. The molecule has 0 radical (unpaired) electrons. The maximum atomic E-state index is 14.9. The van der Waals surface area contributed by atoms with E-state index in [1.54, 1.807) is 12.1 Å². The third kappa shape index (κ3) is 6.29. The van der Waals surface area contributed by atoms with E-state index in [-0.39, 0.29) is 0 Å². The first-order chi connectivity index (χ1) is 15.8. The van der Waals surface area contributed by atoms with Crippen LogP contribution in [0.5, 0.6) is 0 Å². The lowest BCUT2D eigenvalue weighted by molar-refractivity contribution is -0.138. The predicted molar refractivity (Wildman–Crippen MR) is 133 cm³/mol. The Morgan fingerprint density at radius 3 is 2.30 bits per heavy atom. The molecule has 0 spiro atoms. The van der Waals surface area contributed by atoms with E-state index in [9.17, 15) is 14.3 Å². The molecular formula is C29H34FNO2. The van der Waals surface area contributed by atoms with Crippen LogP contribution < -0.4 is 0 Å². The second-order valence-electron chi connectivity index (χ2n) is 9.20. The number of hydrogen-bond donors (Lipinski definition) is 1. The van der Waals surface area contributed by atoms with Crippen molar-refractivity contribution in [2.24, 2.45) is 5.92 Å². The Labute approximate surface area is 196 Å². The molecule has 0 aromatic heterocycles. The van der Waals surface area contributed by atoms with Gasteiger partial charge >= 0.3 is 5.97 Å². The highest BCUT2D eigenvalue weighted by atomic mass is 19.1. The molecule has 1 N–H and O–H groups in total. The fraction of sp³-hybridized carbons (Fsp3) is 0.345. The van der Waals surface area contributed by atoms with Crippen molar-refractivity contribution in [3.8, 4) is 11.1 Å². The molecule has 3 rings (SSSR count). The van der Waals surface area contributed by atoms with Gasteiger partial charge in [-0.3, -0.25) is 4.79 Å². The number of hydrogen-bond acceptors (Lipinski definition) is 2. The number of rotatable bonds is 10. The van der Waals surface area contributed by atoms with Gasteiger partial charge in [0.05, 0.1) is 5.92 Å². The molecule has 174 valence electrons. The molecule has 0 saturated heterocycles. The van der Waals surface area contributed by atoms with E-state index in [2.05, 4.69) is 45.0 Å². The van der Waals surface area contributed by atoms with Crippen LogP contribution in [0.3, 0.4) is 0 Å². The average Bonchev–Trinajstić information content (AvgIpc) is 2.78. The topological polar surface area (TPSA) is 40.5 Å². The summed E-state index contributed by atoms with van der Waals surface area (Å²) in [5.41, 5.74) is 3.94. The standard InChI is InChI=1S/C29H34FNO2/c1-5-25(20(2)19-31(3)4)23-13-9-10-21(16-23)17-27(29(32)33)24-14-15-26(28(30)18-24)22-11-7-6-8-12-22/h6-16,18,20,25,27H,5,17,19H2,1-4H3,(H,32,33). The van der Waals surface area contributed by atoms with E-state index in [0.717, 1.165) is 24.1 Å². The number of benzene rings is 3. The van der Waals surface area contributed by atoms with Crippen LogP contribution >= 0.6 is 0 Å². The van der Waals surface area contributed by atoms with Crippen molar-refractivity contribution in [1.82, 2.24) is 4.90 Å². The summed E-state index contributed by atoms with van der Waals surface area (Å²) in [4.78, 5) is 14.3. The van der Waals surface area contributed by atoms with Crippen molar-refractivity contribution in [1.29, 1.82) is 0 Å². The highest BCUT2D eigenvalue weighted by Crippen LogP contribution is 2.32. The third-order valence-electron chi connectivity index (χ3n) is 6.38. The van der Waals surface area contributed by atoms with Crippen molar-refractivity contribution in [3.63, 3.8) is 0 Å². The summed E-state index contributed by atoms with van der Waals surface area (Å²) in [6.45, 7) is 5.45. The number of nitrogens with zero attached hydrogens (tertiary/aromatic N) is 1. The summed E-state index contributed by atoms with van der Waals surface area (Å²) in [5, 5.41) is 9.95. The van der Waals surface area contributed by atoms with E-state index in [0.29, 0.717) is 29.4 Å². The highest BCUT2D eigenvalue weighted by molar-refractivity contribution is 5.77. The summed E-state index contributed by atoms with van der Waals surface area (Å²) in [6, 6.07) is 22.3. The molecule has 0 amide bonds. The molecule has 3 atom stereocenters. The van der Waals surface area contributed by atoms with E-state index in [1.165, 1.54) is 11.6 Å². The zero-order chi connectivity index (χ0) is 24.0. The van der Waals surface area contributed by atoms with E-state index in [4.69, 9.17) is 0 Å². The Kier molecular flexibility index (Phi) is 8.40. The van der Waals surface area contributed by atoms with Crippen LogP contribution in [-0.2, 0) is 11.2 Å². The second-order valence-corrected chi connectivity index (χ2v) is 9.20. The maximum Gasteiger partial charge on any atom is 0.311 e. The fourth-order valence-corrected chi connectivity index (χ4v) is 4.80. The molecule has 3 aromatic carbocycles. The zero-order valence-corrected chi connectivity index (χ0v) is 20.0. The van der Waals surface area contributed by atoms with E-state index >= 15 is 0 Å². The molecule has 0 aliphatic rings. The molecule has 33 heavy (non-hydrogen) atoms. The molecule has 0 aliphatic carbocycles. The Bertz CT molecular complexity index is 1060. The van der Waals surface area contributed by atoms with Crippen molar-refractivity contribution >= 4 is 5.97 Å². The van der Waals surface area contributed by atoms with Crippen LogP contribution in [0.4, 0.5) is 4.39 Å². The minimum atomic E-state index is -0.944. The van der Waals surface area contributed by atoms with Gasteiger partial charge in [0.1, 0.15) is 5.82 Å². The zero-order valence-electron chi connectivity index (χ0n) is 20.0. The van der Waals surface area contributed by atoms with Crippen LogP contribution in [-0.4, -0.2) is 36.6 Å². The quantitative estimate of drug-likeness (QED) is 0.381. The van der Waals surface area contributed by atoms with Gasteiger partial charge < -0.3 is 10.0 Å². The molecule has 4 heteroatoms. The van der Waals surface area contributed by atoms with Crippen molar-refractivity contribution in [2.75, 3.05) is 20.6 Å². The Morgan fingerprint density at radius 1 is 0.970 bits per heavy atom. The molecular weight excluding hydrogens is 413 g/mol. The largest absolute Gasteiger partial charge is 0.481 e. The predicted octanol–water partition coefficient (Wildman–Crippen LogP) is 6.59. The minimum Gasteiger partial charge on any atom is -0.481 e. The van der Waals surface area contributed by atoms with Crippen LogP contribution in [0.25, 0.3) is 11.1 Å².